The van der Waals surface area contributed by atoms with Gasteiger partial charge in [0, 0.05) is 6.61 Å². The molecule has 0 fully saturated rings. The van der Waals surface area contributed by atoms with E-state index in [0.717, 1.165) is 24.2 Å². The molecule has 0 saturated carbocycles. The van der Waals surface area contributed by atoms with Gasteiger partial charge in [-0.15, -0.1) is 0 Å². The number of benzene rings is 1. The van der Waals surface area contributed by atoms with Crippen molar-refractivity contribution in [2.75, 3.05) is 13.7 Å². The smallest absolute Gasteiger partial charge is 0.118 e. The second kappa shape index (κ2) is 15.2. The van der Waals surface area contributed by atoms with Crippen molar-refractivity contribution in [1.82, 2.24) is 0 Å². The van der Waals surface area contributed by atoms with E-state index in [1.54, 1.807) is 7.11 Å². The lowest BCUT2D eigenvalue weighted by molar-refractivity contribution is 0.0174. The first-order valence-corrected chi connectivity index (χ1v) is 10.2. The van der Waals surface area contributed by atoms with Gasteiger partial charge in [-0.2, -0.15) is 0 Å². The fourth-order valence-corrected chi connectivity index (χ4v) is 3.07. The Balaban J connectivity index is 2.12. The third-order valence-electron chi connectivity index (χ3n) is 4.73. The quantitative estimate of drug-likeness (QED) is 0.378. The zero-order valence-corrected chi connectivity index (χ0v) is 16.3. The molecule has 0 heterocycles. The Morgan fingerprint density at radius 3 is 2.00 bits per heavy atom. The van der Waals surface area contributed by atoms with Crippen LogP contribution in [-0.4, -0.2) is 24.9 Å². The molecule has 3 heteroatoms. The highest BCUT2D eigenvalue weighted by Gasteiger charge is 2.09. The van der Waals surface area contributed by atoms with Crippen LogP contribution in [0.25, 0.3) is 0 Å². The van der Waals surface area contributed by atoms with Crippen molar-refractivity contribution in [2.45, 2.75) is 90.3 Å². The highest BCUT2D eigenvalue weighted by Crippen LogP contribution is 2.17. The maximum absolute atomic E-state index is 9.25. The molecule has 0 aliphatic heterocycles. The topological polar surface area (TPSA) is 38.7 Å². The molecule has 144 valence electrons. The Kier molecular flexibility index (Phi) is 13.4. The molecule has 0 aromatic heterocycles. The molecule has 0 aliphatic carbocycles. The summed E-state index contributed by atoms with van der Waals surface area (Å²) in [7, 11) is 1.67. The summed E-state index contributed by atoms with van der Waals surface area (Å²) in [6, 6.07) is 7.99. The SMILES string of the molecule is CCCCCCCCCCCC(CCO)OCc1ccc(OC)cc1. The lowest BCUT2D eigenvalue weighted by atomic mass is 10.0. The van der Waals surface area contributed by atoms with Crippen LogP contribution < -0.4 is 4.74 Å². The van der Waals surface area contributed by atoms with Gasteiger partial charge < -0.3 is 14.6 Å². The number of unbranched alkanes of at least 4 members (excludes halogenated alkanes) is 8. The molecule has 25 heavy (non-hydrogen) atoms. The number of aliphatic hydroxyl groups is 1. The minimum Gasteiger partial charge on any atom is -0.497 e. The van der Waals surface area contributed by atoms with E-state index in [2.05, 4.69) is 6.92 Å². The molecular weight excluding hydrogens is 312 g/mol. The summed E-state index contributed by atoms with van der Waals surface area (Å²) in [6.45, 7) is 3.07. The molecule has 0 spiro atoms. The van der Waals surface area contributed by atoms with E-state index in [1.165, 1.54) is 57.8 Å². The van der Waals surface area contributed by atoms with Crippen molar-refractivity contribution in [3.05, 3.63) is 29.8 Å². The van der Waals surface area contributed by atoms with Gasteiger partial charge in [0.2, 0.25) is 0 Å². The van der Waals surface area contributed by atoms with Crippen LogP contribution in [0.1, 0.15) is 83.1 Å². The minimum absolute atomic E-state index is 0.164. The highest BCUT2D eigenvalue weighted by atomic mass is 16.5. The van der Waals surface area contributed by atoms with Crippen LogP contribution in [0.5, 0.6) is 5.75 Å². The molecule has 0 bridgehead atoms. The van der Waals surface area contributed by atoms with E-state index in [4.69, 9.17) is 9.47 Å². The van der Waals surface area contributed by atoms with Crippen LogP contribution in [0.2, 0.25) is 0 Å². The summed E-state index contributed by atoms with van der Waals surface area (Å²) in [5.41, 5.74) is 1.15. The van der Waals surface area contributed by atoms with Gasteiger partial charge in [0.05, 0.1) is 19.8 Å². The molecule has 1 atom stereocenters. The summed E-state index contributed by atoms with van der Waals surface area (Å²) >= 11 is 0. The van der Waals surface area contributed by atoms with Crippen molar-refractivity contribution in [3.63, 3.8) is 0 Å². The van der Waals surface area contributed by atoms with Gasteiger partial charge in [0.1, 0.15) is 5.75 Å². The molecule has 1 N–H and O–H groups in total. The largest absolute Gasteiger partial charge is 0.497 e. The minimum atomic E-state index is 0.164. The fraction of sp³-hybridized carbons (Fsp3) is 0.727. The predicted octanol–water partition coefficient (Wildman–Crippen LogP) is 5.88. The van der Waals surface area contributed by atoms with Crippen molar-refractivity contribution in [3.8, 4) is 5.75 Å². The Morgan fingerprint density at radius 1 is 0.840 bits per heavy atom. The molecule has 0 radical (unpaired) electrons. The maximum atomic E-state index is 9.25. The Bertz CT molecular complexity index is 402. The summed E-state index contributed by atoms with van der Waals surface area (Å²) in [5, 5.41) is 9.25. The standard InChI is InChI=1S/C22H38O3/c1-3-4-5-6-7-8-9-10-11-12-22(17-18-23)25-19-20-13-15-21(24-2)16-14-20/h13-16,22-23H,3-12,17-19H2,1-2H3. The third-order valence-corrected chi connectivity index (χ3v) is 4.73. The van der Waals surface area contributed by atoms with Crippen LogP contribution in [-0.2, 0) is 11.3 Å². The highest BCUT2D eigenvalue weighted by molar-refractivity contribution is 5.26. The first kappa shape index (κ1) is 22.0. The van der Waals surface area contributed by atoms with Crippen molar-refractivity contribution >= 4 is 0 Å². The van der Waals surface area contributed by atoms with Crippen LogP contribution >= 0.6 is 0 Å². The van der Waals surface area contributed by atoms with Crippen LogP contribution in [0.15, 0.2) is 24.3 Å². The van der Waals surface area contributed by atoms with E-state index in [-0.39, 0.29) is 12.7 Å². The second-order valence-electron chi connectivity index (χ2n) is 6.91. The van der Waals surface area contributed by atoms with E-state index in [9.17, 15) is 5.11 Å². The van der Waals surface area contributed by atoms with E-state index >= 15 is 0 Å². The van der Waals surface area contributed by atoms with Crippen molar-refractivity contribution in [2.24, 2.45) is 0 Å². The summed E-state index contributed by atoms with van der Waals surface area (Å²) < 4.78 is 11.2. The second-order valence-corrected chi connectivity index (χ2v) is 6.91. The summed E-state index contributed by atoms with van der Waals surface area (Å²) in [6.07, 6.45) is 14.0. The Labute approximate surface area is 154 Å². The third kappa shape index (κ3) is 11.2. The lowest BCUT2D eigenvalue weighted by Crippen LogP contribution is -2.14. The number of hydrogen-bond acceptors (Lipinski definition) is 3. The molecule has 0 saturated heterocycles. The summed E-state index contributed by atoms with van der Waals surface area (Å²) in [5.74, 6) is 0.866. The van der Waals surface area contributed by atoms with Gasteiger partial charge in [-0.25, -0.2) is 0 Å². The Morgan fingerprint density at radius 2 is 1.44 bits per heavy atom. The molecule has 1 rings (SSSR count). The average Bonchev–Trinajstić information content (AvgIpc) is 2.65. The monoisotopic (exact) mass is 350 g/mol. The first-order chi connectivity index (χ1) is 12.3. The number of methoxy groups -OCH3 is 1. The van der Waals surface area contributed by atoms with E-state index in [1.807, 2.05) is 24.3 Å². The number of aliphatic hydroxyl groups excluding tert-OH is 1. The lowest BCUT2D eigenvalue weighted by Gasteiger charge is -2.17. The van der Waals surface area contributed by atoms with Gasteiger partial charge in [0.15, 0.2) is 0 Å². The van der Waals surface area contributed by atoms with Gasteiger partial charge in [-0.05, 0) is 30.5 Å². The van der Waals surface area contributed by atoms with Gasteiger partial charge >= 0.3 is 0 Å². The van der Waals surface area contributed by atoms with E-state index < -0.39 is 0 Å². The molecule has 1 aromatic rings. The normalized spacial score (nSPS) is 12.3. The van der Waals surface area contributed by atoms with Gasteiger partial charge in [0.25, 0.3) is 0 Å². The number of hydrogen-bond donors (Lipinski definition) is 1. The molecule has 0 amide bonds. The van der Waals surface area contributed by atoms with Crippen LogP contribution in [0, 0.1) is 0 Å². The average molecular weight is 351 g/mol. The van der Waals surface area contributed by atoms with Crippen molar-refractivity contribution in [1.29, 1.82) is 0 Å². The number of ether oxygens (including phenoxy) is 2. The van der Waals surface area contributed by atoms with Crippen LogP contribution in [0.4, 0.5) is 0 Å². The predicted molar refractivity (Wildman–Crippen MR) is 105 cm³/mol. The Hall–Kier alpha value is -1.06. The zero-order valence-electron chi connectivity index (χ0n) is 16.3. The molecule has 0 aliphatic rings. The molecule has 3 nitrogen and oxygen atoms in total. The van der Waals surface area contributed by atoms with Gasteiger partial charge in [-0.3, -0.25) is 0 Å². The van der Waals surface area contributed by atoms with Crippen LogP contribution in [0.3, 0.4) is 0 Å². The molecule has 1 unspecified atom stereocenters. The number of rotatable bonds is 16. The fourth-order valence-electron chi connectivity index (χ4n) is 3.07. The van der Waals surface area contributed by atoms with Crippen molar-refractivity contribution < 1.29 is 14.6 Å². The maximum Gasteiger partial charge on any atom is 0.118 e. The first-order valence-electron chi connectivity index (χ1n) is 10.2. The summed E-state index contributed by atoms with van der Waals surface area (Å²) in [4.78, 5) is 0. The molecular formula is C22H38O3. The molecule has 1 aromatic carbocycles. The zero-order chi connectivity index (χ0) is 18.2. The van der Waals surface area contributed by atoms with E-state index in [0.29, 0.717) is 6.61 Å². The van der Waals surface area contributed by atoms with Gasteiger partial charge in [-0.1, -0.05) is 76.8 Å².